The van der Waals surface area contributed by atoms with Crippen molar-refractivity contribution in [3.63, 3.8) is 0 Å². The van der Waals surface area contributed by atoms with Crippen LogP contribution in [0.2, 0.25) is 0 Å². The quantitative estimate of drug-likeness (QED) is 0.369. The minimum Gasteiger partial charge on any atom is -0.396 e. The molecule has 80 valence electrons. The third kappa shape index (κ3) is 3.21. The van der Waals surface area contributed by atoms with E-state index in [0.29, 0.717) is 6.61 Å². The van der Waals surface area contributed by atoms with Gasteiger partial charge in [0.25, 0.3) is 0 Å². The first-order valence-corrected chi connectivity index (χ1v) is 4.30. The summed E-state index contributed by atoms with van der Waals surface area (Å²) in [5.41, 5.74) is -1.22. The van der Waals surface area contributed by atoms with Gasteiger partial charge in [0, 0.05) is 12.5 Å². The van der Waals surface area contributed by atoms with E-state index in [0.717, 1.165) is 0 Å². The first kappa shape index (κ1) is 12.8. The lowest BCUT2D eigenvalue weighted by atomic mass is 9.91. The van der Waals surface area contributed by atoms with Crippen LogP contribution in [-0.2, 0) is 9.78 Å². The van der Waals surface area contributed by atoms with Crippen molar-refractivity contribution in [1.29, 1.82) is 0 Å². The van der Waals surface area contributed by atoms with Crippen LogP contribution in [0.5, 0.6) is 0 Å². The topological polar surface area (TPSA) is 79.2 Å². The minimum absolute atomic E-state index is 0.186. The molecule has 0 aromatic rings. The number of hydrogen-bond acceptors (Lipinski definition) is 5. The molecular weight excluding hydrogens is 176 g/mol. The Balaban J connectivity index is 4.29. The van der Waals surface area contributed by atoms with Crippen molar-refractivity contribution in [3.05, 3.63) is 0 Å². The molecule has 0 heterocycles. The second-order valence-electron chi connectivity index (χ2n) is 2.95. The van der Waals surface area contributed by atoms with Crippen molar-refractivity contribution in [3.8, 4) is 0 Å². The molecule has 0 spiro atoms. The molecule has 0 saturated carbocycles. The van der Waals surface area contributed by atoms with E-state index in [9.17, 15) is 0 Å². The molecule has 0 saturated heterocycles. The Morgan fingerprint density at radius 1 is 1.23 bits per heavy atom. The Morgan fingerprint density at radius 3 is 2.08 bits per heavy atom. The summed E-state index contributed by atoms with van der Waals surface area (Å²) in [4.78, 5) is 9.54. The average molecular weight is 194 g/mol. The third-order valence-electron chi connectivity index (χ3n) is 2.05. The van der Waals surface area contributed by atoms with Crippen molar-refractivity contribution in [2.45, 2.75) is 19.4 Å². The lowest BCUT2D eigenvalue weighted by Crippen LogP contribution is -2.48. The predicted molar refractivity (Wildman–Crippen MR) is 45.9 cm³/mol. The second-order valence-corrected chi connectivity index (χ2v) is 2.95. The Morgan fingerprint density at radius 2 is 1.77 bits per heavy atom. The van der Waals surface area contributed by atoms with Crippen molar-refractivity contribution < 1.29 is 25.1 Å². The molecular formula is C8H18O5. The van der Waals surface area contributed by atoms with E-state index in [2.05, 4.69) is 4.89 Å². The molecule has 5 nitrogen and oxygen atoms in total. The van der Waals surface area contributed by atoms with Gasteiger partial charge in [-0.05, 0) is 6.92 Å². The third-order valence-corrected chi connectivity index (χ3v) is 2.05. The maximum atomic E-state index is 9.03. The van der Waals surface area contributed by atoms with Crippen molar-refractivity contribution in [1.82, 2.24) is 0 Å². The summed E-state index contributed by atoms with van der Waals surface area (Å²) in [6, 6.07) is 0. The monoisotopic (exact) mass is 194 g/mol. The Bertz CT molecular complexity index is 124. The fraction of sp³-hybridized carbons (Fsp3) is 1.00. The lowest BCUT2D eigenvalue weighted by molar-refractivity contribution is -0.383. The zero-order chi connectivity index (χ0) is 10.3. The molecule has 0 amide bonds. The highest BCUT2D eigenvalue weighted by molar-refractivity contribution is 4.83. The molecule has 0 fully saturated rings. The van der Waals surface area contributed by atoms with Crippen molar-refractivity contribution in [2.24, 2.45) is 5.92 Å². The van der Waals surface area contributed by atoms with E-state index in [1.54, 1.807) is 13.8 Å². The molecule has 1 unspecified atom stereocenters. The van der Waals surface area contributed by atoms with Crippen LogP contribution in [0.15, 0.2) is 0 Å². The fourth-order valence-corrected chi connectivity index (χ4v) is 0.839. The molecule has 0 rings (SSSR count). The largest absolute Gasteiger partial charge is 0.396 e. The van der Waals surface area contributed by atoms with Gasteiger partial charge in [-0.3, -0.25) is 0 Å². The van der Waals surface area contributed by atoms with Crippen LogP contribution in [0.3, 0.4) is 0 Å². The smallest absolute Gasteiger partial charge is 0.154 e. The van der Waals surface area contributed by atoms with E-state index in [4.69, 9.17) is 20.2 Å². The number of aliphatic hydroxyl groups is 3. The van der Waals surface area contributed by atoms with Gasteiger partial charge >= 0.3 is 0 Å². The van der Waals surface area contributed by atoms with Gasteiger partial charge in [-0.25, -0.2) is 9.78 Å². The van der Waals surface area contributed by atoms with Crippen LogP contribution < -0.4 is 0 Å². The summed E-state index contributed by atoms with van der Waals surface area (Å²) in [7, 11) is 0. The summed E-state index contributed by atoms with van der Waals surface area (Å²) in [6.07, 6.45) is 0. The highest BCUT2D eigenvalue weighted by Gasteiger charge is 2.37. The van der Waals surface area contributed by atoms with Gasteiger partial charge in [-0.1, -0.05) is 6.92 Å². The molecule has 0 radical (unpaired) electrons. The summed E-state index contributed by atoms with van der Waals surface area (Å²) in [5.74, 6) is -0.394. The number of hydrogen-bond donors (Lipinski definition) is 3. The standard InChI is InChI=1S/C8H18O5/c1-3-12-13-8(5-10,6-11)7(2)4-9/h7,9-11H,3-6H2,1-2H3. The van der Waals surface area contributed by atoms with Crippen molar-refractivity contribution in [2.75, 3.05) is 26.4 Å². The van der Waals surface area contributed by atoms with E-state index in [-0.39, 0.29) is 6.61 Å². The van der Waals surface area contributed by atoms with Crippen LogP contribution in [0.1, 0.15) is 13.8 Å². The molecule has 0 bridgehead atoms. The summed E-state index contributed by atoms with van der Waals surface area (Å²) < 4.78 is 0. The first-order valence-electron chi connectivity index (χ1n) is 4.30. The molecule has 13 heavy (non-hydrogen) atoms. The molecule has 1 atom stereocenters. The van der Waals surface area contributed by atoms with Gasteiger partial charge in [-0.15, -0.1) is 0 Å². The van der Waals surface area contributed by atoms with Gasteiger partial charge < -0.3 is 15.3 Å². The van der Waals surface area contributed by atoms with Crippen LogP contribution in [0.4, 0.5) is 0 Å². The molecule has 0 aliphatic rings. The summed E-state index contributed by atoms with van der Waals surface area (Å²) in [6.45, 7) is 2.72. The Hall–Kier alpha value is -0.200. The van der Waals surface area contributed by atoms with Gasteiger partial charge in [0.1, 0.15) is 0 Å². The van der Waals surface area contributed by atoms with Crippen LogP contribution in [0, 0.1) is 5.92 Å². The van der Waals surface area contributed by atoms with Crippen LogP contribution >= 0.6 is 0 Å². The van der Waals surface area contributed by atoms with Crippen LogP contribution in [-0.4, -0.2) is 47.3 Å². The van der Waals surface area contributed by atoms with Crippen molar-refractivity contribution >= 4 is 0 Å². The highest BCUT2D eigenvalue weighted by atomic mass is 17.2. The molecule has 0 aromatic carbocycles. The zero-order valence-electron chi connectivity index (χ0n) is 8.06. The average Bonchev–Trinajstić information content (AvgIpc) is 2.19. The molecule has 0 aliphatic heterocycles. The second kappa shape index (κ2) is 6.28. The zero-order valence-corrected chi connectivity index (χ0v) is 8.06. The minimum atomic E-state index is -1.22. The van der Waals surface area contributed by atoms with Crippen LogP contribution in [0.25, 0.3) is 0 Å². The maximum Gasteiger partial charge on any atom is 0.154 e. The number of rotatable bonds is 7. The maximum absolute atomic E-state index is 9.03. The molecule has 0 aliphatic carbocycles. The predicted octanol–water partition coefficient (Wildman–Crippen LogP) is -0.694. The lowest BCUT2D eigenvalue weighted by Gasteiger charge is -2.32. The highest BCUT2D eigenvalue weighted by Crippen LogP contribution is 2.21. The van der Waals surface area contributed by atoms with E-state index < -0.39 is 24.7 Å². The molecule has 3 N–H and O–H groups in total. The molecule has 0 aromatic heterocycles. The Kier molecular flexibility index (Phi) is 6.19. The summed E-state index contributed by atoms with van der Waals surface area (Å²) in [5, 5.41) is 26.9. The summed E-state index contributed by atoms with van der Waals surface area (Å²) >= 11 is 0. The van der Waals surface area contributed by atoms with Gasteiger partial charge in [0.2, 0.25) is 0 Å². The fourth-order valence-electron chi connectivity index (χ4n) is 0.839. The number of aliphatic hydroxyl groups excluding tert-OH is 3. The SMILES string of the molecule is CCOOC(CO)(CO)C(C)CO. The van der Waals surface area contributed by atoms with E-state index in [1.165, 1.54) is 0 Å². The van der Waals surface area contributed by atoms with E-state index in [1.807, 2.05) is 0 Å². The van der Waals surface area contributed by atoms with Gasteiger partial charge in [0.15, 0.2) is 5.60 Å². The molecule has 5 heteroatoms. The van der Waals surface area contributed by atoms with Gasteiger partial charge in [0.05, 0.1) is 19.8 Å². The Labute approximate surface area is 77.8 Å². The van der Waals surface area contributed by atoms with Gasteiger partial charge in [-0.2, -0.15) is 0 Å². The normalized spacial score (nSPS) is 14.5. The first-order chi connectivity index (χ1) is 6.16. The van der Waals surface area contributed by atoms with E-state index >= 15 is 0 Å².